The number of aryl methyl sites for hydroxylation is 2. The van der Waals surface area contributed by atoms with Crippen LogP contribution in [0.25, 0.3) is 32.7 Å². The van der Waals surface area contributed by atoms with Crippen LogP contribution in [0.3, 0.4) is 0 Å². The predicted octanol–water partition coefficient (Wildman–Crippen LogP) is 18.0. The summed E-state index contributed by atoms with van der Waals surface area (Å²) in [7, 11) is 0. The van der Waals surface area contributed by atoms with Crippen molar-refractivity contribution in [3.63, 3.8) is 0 Å². The molecule has 27 nitrogen and oxygen atoms in total. The molecule has 6 saturated heterocycles. The van der Waals surface area contributed by atoms with Gasteiger partial charge in [-0.3, -0.25) is 28.8 Å². The number of pyridine rings is 1. The molecule has 8 aromatic carbocycles. The Kier molecular flexibility index (Phi) is 35.2. The number of amides is 10. The van der Waals surface area contributed by atoms with Crippen molar-refractivity contribution in [2.75, 3.05) is 138 Å². The molecule has 4 aromatic heterocycles. The van der Waals surface area contributed by atoms with Gasteiger partial charge in [-0.2, -0.15) is 0 Å². The van der Waals surface area contributed by atoms with Crippen LogP contribution in [-0.4, -0.2) is 263 Å². The van der Waals surface area contributed by atoms with E-state index >= 15 is 4.79 Å². The van der Waals surface area contributed by atoms with Gasteiger partial charge in [-0.1, -0.05) is 190 Å². The summed E-state index contributed by atoms with van der Waals surface area (Å²) in [4.78, 5) is 147. The lowest BCUT2D eigenvalue weighted by molar-refractivity contribution is -0.136. The van der Waals surface area contributed by atoms with Crippen molar-refractivity contribution in [2.24, 2.45) is 11.5 Å². The Morgan fingerprint density at radius 2 is 0.823 bits per heavy atom. The molecule has 6 aliphatic heterocycles. The molecule has 10 N–H and O–H groups in total. The molecule has 0 aliphatic carbocycles. The molecular formula is C105H116Br3Cl3N18O9S3. The number of rotatable bonds is 31. The summed E-state index contributed by atoms with van der Waals surface area (Å²) in [5.74, 6) is -0.622. The smallest absolute Gasteiger partial charge is 0.317 e. The number of carbonyl (C=O) groups is 8. The van der Waals surface area contributed by atoms with Crippen molar-refractivity contribution < 1.29 is 43.1 Å². The first-order valence-corrected chi connectivity index (χ1v) is 53.6. The largest absolute Gasteiger partial charge is 0.378 e. The van der Waals surface area contributed by atoms with Gasteiger partial charge in [-0.05, 0) is 179 Å². The number of nitrogens with zero attached hydrogens (tertiary/aromatic N) is 10. The predicted molar refractivity (Wildman–Crippen MR) is 571 cm³/mol. The molecule has 10 amide bonds. The van der Waals surface area contributed by atoms with Gasteiger partial charge in [0.1, 0.15) is 14.2 Å². The summed E-state index contributed by atoms with van der Waals surface area (Å²) >= 11 is 33.9. The number of aromatic amines is 3. The Labute approximate surface area is 874 Å². The Morgan fingerprint density at radius 1 is 0.440 bits per heavy atom. The van der Waals surface area contributed by atoms with Crippen LogP contribution >= 0.6 is 118 Å². The quantitative estimate of drug-likeness (QED) is 0.0187. The Hall–Kier alpha value is -9.95. The van der Waals surface area contributed by atoms with Gasteiger partial charge < -0.3 is 91.2 Å². The fourth-order valence-corrected chi connectivity index (χ4v) is 25.2. The lowest BCUT2D eigenvalue weighted by atomic mass is 9.90. The van der Waals surface area contributed by atoms with E-state index in [0.29, 0.717) is 131 Å². The van der Waals surface area contributed by atoms with Crippen LogP contribution in [0.1, 0.15) is 102 Å². The van der Waals surface area contributed by atoms with E-state index in [0.717, 1.165) is 159 Å². The van der Waals surface area contributed by atoms with E-state index in [2.05, 4.69) is 125 Å². The number of nitrogens with two attached hydrogens (primary N) is 2. The average molecular weight is 2220 g/mol. The number of likely N-dealkylation sites (tertiary alicyclic amines) is 3. The monoisotopic (exact) mass is 2210 g/mol. The van der Waals surface area contributed by atoms with E-state index in [-0.39, 0.29) is 66.8 Å². The van der Waals surface area contributed by atoms with Crippen LogP contribution in [-0.2, 0) is 53.1 Å². The van der Waals surface area contributed by atoms with Gasteiger partial charge in [0.05, 0.1) is 55.6 Å². The van der Waals surface area contributed by atoms with Gasteiger partial charge in [-0.15, -0.1) is 23.5 Å². The molecule has 6 aliphatic rings. The molecule has 0 unspecified atom stereocenters. The normalized spacial score (nSPS) is 20.1. The number of ether oxygens (including phenoxy) is 1. The van der Waals surface area contributed by atoms with Crippen LogP contribution in [0.15, 0.2) is 247 Å². The number of hydrogen-bond donors (Lipinski definition) is 8. The highest BCUT2D eigenvalue weighted by Crippen LogP contribution is 2.59. The molecule has 6 atom stereocenters. The Bertz CT molecular complexity index is 6400. The molecule has 0 bridgehead atoms. The number of aromatic nitrogens is 4. The molecule has 0 radical (unpaired) electrons. The molecule has 0 saturated carbocycles. The molecule has 0 spiro atoms. The van der Waals surface area contributed by atoms with Gasteiger partial charge in [0, 0.05) is 237 Å². The van der Waals surface area contributed by atoms with Crippen molar-refractivity contribution in [3.8, 4) is 0 Å². The van der Waals surface area contributed by atoms with Gasteiger partial charge in [0.15, 0.2) is 0 Å². The fraction of sp³-hybridized carbons (Fsp3) is 0.362. The maximum absolute atomic E-state index is 15.2. The van der Waals surface area contributed by atoms with E-state index in [1.165, 1.54) is 35.3 Å². The van der Waals surface area contributed by atoms with Gasteiger partial charge in [0.2, 0.25) is 35.4 Å². The number of urea groups is 2. The standard InChI is InChI=1S/C37H44BrClN6O2S.C36H40BrClN6O4S.C32H32BrClN6O3S/c1-26-4-11-30(12-5-26)48-37(36(47)41-15-3-17-44-20-18-43(19-21-44)16-2-14-40)23-34(46)45(25-27-6-8-28(38)9-7-27)35(37)32-24-42-33-22-29(39)10-13-31(32)33;1-24-2-9-28(10-3-24)49-36(34(46)42-14-16-43(17-15-42)35(47)40-13-19-48-18-12-39)21-32(45)44(23-25-4-6-26(37)7-5-25)33(36)30-22-41-31-20-27(38)8-11-29(30)31;1-2-35-31(43)39-15-13-38(14-16-39)30(42)32(44-27-5-3-4-12-36-27)18-28(41)40(20-21-6-8-22(33)9-7-21)29(32)25-19-37-26-17-23(34)10-11-24(25)26/h4-13,22,24,35,42H,2-3,14-21,23,25,40H2,1H3,(H,41,47);2-11,20,22,33,41H,12-19,21,23,39H2,1H3,(H,40,47);3-12,17,19,29,37H,2,13-16,18,20H2,1H3,(H,35,43)/t35-,37-;33-,36-;29-,32-/m000/s1. The second kappa shape index (κ2) is 47.7. The highest BCUT2D eigenvalue weighted by molar-refractivity contribution is 9.11. The molecule has 18 rings (SSSR count). The molecule has 6 fully saturated rings. The van der Waals surface area contributed by atoms with Crippen molar-refractivity contribution in [3.05, 3.63) is 292 Å². The maximum Gasteiger partial charge on any atom is 0.317 e. The van der Waals surface area contributed by atoms with E-state index in [4.69, 9.17) is 51.0 Å². The number of piperazine rings is 3. The van der Waals surface area contributed by atoms with Gasteiger partial charge >= 0.3 is 12.1 Å². The van der Waals surface area contributed by atoms with E-state index in [1.807, 2.05) is 222 Å². The van der Waals surface area contributed by atoms with Crippen molar-refractivity contribution in [2.45, 2.75) is 120 Å². The van der Waals surface area contributed by atoms with E-state index < -0.39 is 32.4 Å². The number of carbonyl (C=O) groups excluding carboxylic acids is 8. The summed E-state index contributed by atoms with van der Waals surface area (Å²) in [5.41, 5.74) is 21.5. The summed E-state index contributed by atoms with van der Waals surface area (Å²) in [5, 5.41) is 14.3. The van der Waals surface area contributed by atoms with Crippen LogP contribution in [0.4, 0.5) is 9.59 Å². The highest BCUT2D eigenvalue weighted by Gasteiger charge is 2.63. The minimum absolute atomic E-state index is 0.00503. The molecular weight excluding hydrogens is 2100 g/mol. The van der Waals surface area contributed by atoms with E-state index in [1.54, 1.807) is 20.9 Å². The first-order chi connectivity index (χ1) is 68.2. The summed E-state index contributed by atoms with van der Waals surface area (Å²) in [6.45, 7) is 19.6. The van der Waals surface area contributed by atoms with Gasteiger partial charge in [-0.25, -0.2) is 14.6 Å². The average Bonchev–Trinajstić information content (AvgIpc) is 1.58. The van der Waals surface area contributed by atoms with Crippen molar-refractivity contribution in [1.82, 2.24) is 80.0 Å². The first kappa shape index (κ1) is 104. The topological polar surface area (TPSA) is 323 Å². The number of H-pyrrole nitrogens is 3. The Balaban J connectivity index is 0.000000153. The second-order valence-electron chi connectivity index (χ2n) is 36.2. The summed E-state index contributed by atoms with van der Waals surface area (Å²) in [6.07, 6.45) is 9.44. The molecule has 10 heterocycles. The fourth-order valence-electron chi connectivity index (χ4n) is 19.6. The minimum Gasteiger partial charge on any atom is -0.378 e. The molecule has 12 aromatic rings. The third-order valence-electron chi connectivity index (χ3n) is 26.7. The van der Waals surface area contributed by atoms with Crippen LogP contribution in [0.5, 0.6) is 0 Å². The summed E-state index contributed by atoms with van der Waals surface area (Å²) in [6, 6.07) is 60.6. The number of hydrogen-bond acceptors (Lipinski definition) is 17. The third-order valence-corrected chi connectivity index (χ3v) is 33.2. The van der Waals surface area contributed by atoms with Crippen LogP contribution < -0.4 is 27.4 Å². The Morgan fingerprint density at radius 3 is 1.22 bits per heavy atom. The minimum atomic E-state index is -1.22. The first-order valence-electron chi connectivity index (χ1n) is 47.6. The highest BCUT2D eigenvalue weighted by atomic mass is 79.9. The van der Waals surface area contributed by atoms with E-state index in [9.17, 15) is 33.6 Å². The number of halogens is 6. The SMILES string of the molecule is CCNC(=O)N1CCN(C(=O)[C@]2(Sc3ccccn3)CC(=O)N(Cc3ccc(Br)cc3)[C@H]2c2c[nH]c3cc(Cl)ccc23)CC1.Cc1ccc(S[C@@]2(C(=O)N3CCN(C(=O)NCCOCCN)CC3)CC(=O)N(Cc3ccc(Br)cc3)[C@H]2c2c[nH]c3cc(Cl)ccc23)cc1.Cc1ccc(S[C@@]2(C(=O)NCCCN3CCN(CCCN)CC3)CC(=O)N(Cc3ccc(Br)cc3)[C@H]2c2c[nH]c3cc(Cl)ccc23)cc1. The number of benzene rings is 8. The maximum atomic E-state index is 15.2. The molecule has 141 heavy (non-hydrogen) atoms. The number of thioether (sulfide) groups is 3. The lowest BCUT2D eigenvalue weighted by Gasteiger charge is -2.42. The number of fused-ring (bicyclic) bond motifs is 3. The zero-order valence-corrected chi connectivity index (χ0v) is 88.3. The van der Waals surface area contributed by atoms with Crippen molar-refractivity contribution in [1.29, 1.82) is 0 Å². The molecule has 36 heteroatoms. The van der Waals surface area contributed by atoms with Crippen LogP contribution in [0.2, 0.25) is 15.1 Å². The van der Waals surface area contributed by atoms with Gasteiger partial charge in [0.25, 0.3) is 0 Å². The zero-order valence-electron chi connectivity index (χ0n) is 78.8. The second-order valence-corrected chi connectivity index (χ2v) is 44.4. The number of nitrogens with one attached hydrogen (secondary N) is 6. The zero-order chi connectivity index (χ0) is 99.1. The third kappa shape index (κ3) is 24.5. The van der Waals surface area contributed by atoms with Crippen LogP contribution in [0, 0.1) is 13.8 Å². The molecule has 740 valence electrons. The lowest BCUT2D eigenvalue weighted by Crippen LogP contribution is -2.58. The summed E-state index contributed by atoms with van der Waals surface area (Å²) < 4.78 is 4.72. The van der Waals surface area contributed by atoms with Crippen molar-refractivity contribution >= 4 is 198 Å².